The van der Waals surface area contributed by atoms with Gasteiger partial charge in [-0.05, 0) is 12.8 Å². The first-order valence-corrected chi connectivity index (χ1v) is 7.03. The molecular weight excluding hydrogens is 276 g/mol. The minimum absolute atomic E-state index is 0.224. The molecule has 0 aliphatic heterocycles. The van der Waals surface area contributed by atoms with Gasteiger partial charge < -0.3 is 5.11 Å². The fraction of sp³-hybridized carbons (Fsp3) is 0.500. The van der Waals surface area contributed by atoms with E-state index in [-0.39, 0.29) is 13.1 Å². The smallest absolute Gasteiger partial charge is 0.320 e. The average molecular weight is 298 g/mol. The standard InChI is InChI=1S/C18H22N2O2/c1-5-12-19(13-6-2)16-10-9-11-17(18(21)22)20(14-7-3)15-8-4/h1-4,17H,9-16H2,(H,21,22)/t17-/m0/s1. The highest BCUT2D eigenvalue weighted by atomic mass is 16.4. The molecule has 0 aromatic heterocycles. The second-order valence-electron chi connectivity index (χ2n) is 4.78. The maximum absolute atomic E-state index is 11.4. The number of rotatable bonds is 11. The minimum atomic E-state index is -0.908. The van der Waals surface area contributed by atoms with Gasteiger partial charge in [0, 0.05) is 6.54 Å². The van der Waals surface area contributed by atoms with Gasteiger partial charge in [-0.2, -0.15) is 0 Å². The molecule has 1 N–H and O–H groups in total. The summed E-state index contributed by atoms with van der Waals surface area (Å²) in [5.74, 6) is 9.09. The zero-order chi connectivity index (χ0) is 16.8. The molecule has 0 aliphatic carbocycles. The predicted molar refractivity (Wildman–Crippen MR) is 88.6 cm³/mol. The number of carboxylic acids is 1. The van der Waals surface area contributed by atoms with Crippen molar-refractivity contribution in [3.05, 3.63) is 0 Å². The molecule has 0 fully saturated rings. The molecular formula is C18H22N2O2. The van der Waals surface area contributed by atoms with Gasteiger partial charge >= 0.3 is 5.97 Å². The first kappa shape index (κ1) is 19.6. The van der Waals surface area contributed by atoms with Crippen molar-refractivity contribution in [1.82, 2.24) is 9.80 Å². The Labute approximate surface area is 133 Å². The van der Waals surface area contributed by atoms with Crippen molar-refractivity contribution >= 4 is 5.97 Å². The molecule has 1 atom stereocenters. The summed E-state index contributed by atoms with van der Waals surface area (Å²) >= 11 is 0. The van der Waals surface area contributed by atoms with Gasteiger partial charge in [0.2, 0.25) is 0 Å². The molecule has 0 bridgehead atoms. The summed E-state index contributed by atoms with van der Waals surface area (Å²) in [6, 6.07) is -0.666. The first-order chi connectivity index (χ1) is 10.6. The molecule has 0 heterocycles. The van der Waals surface area contributed by atoms with Crippen molar-refractivity contribution in [2.24, 2.45) is 0 Å². The van der Waals surface area contributed by atoms with Crippen LogP contribution in [0.25, 0.3) is 0 Å². The summed E-state index contributed by atoms with van der Waals surface area (Å²) in [4.78, 5) is 15.0. The van der Waals surface area contributed by atoms with E-state index < -0.39 is 12.0 Å². The third-order valence-electron chi connectivity index (χ3n) is 3.15. The zero-order valence-corrected chi connectivity index (χ0v) is 12.8. The third kappa shape index (κ3) is 8.04. The lowest BCUT2D eigenvalue weighted by Crippen LogP contribution is -2.41. The molecule has 0 amide bonds. The lowest BCUT2D eigenvalue weighted by molar-refractivity contribution is -0.143. The molecule has 4 heteroatoms. The topological polar surface area (TPSA) is 43.8 Å². The van der Waals surface area contributed by atoms with Gasteiger partial charge in [-0.15, -0.1) is 25.7 Å². The summed E-state index contributed by atoms with van der Waals surface area (Å²) in [6.45, 7) is 2.17. The summed E-state index contributed by atoms with van der Waals surface area (Å²) in [7, 11) is 0. The van der Waals surface area contributed by atoms with E-state index >= 15 is 0 Å². The van der Waals surface area contributed by atoms with Gasteiger partial charge in [0.15, 0.2) is 0 Å². The Hall–Kier alpha value is -2.37. The van der Waals surface area contributed by atoms with Crippen molar-refractivity contribution < 1.29 is 9.90 Å². The number of aliphatic carboxylic acids is 1. The molecule has 0 aliphatic rings. The fourth-order valence-corrected chi connectivity index (χ4v) is 2.12. The van der Waals surface area contributed by atoms with E-state index in [1.54, 1.807) is 4.90 Å². The maximum atomic E-state index is 11.4. The van der Waals surface area contributed by atoms with Crippen molar-refractivity contribution in [2.75, 3.05) is 32.7 Å². The molecule has 0 aromatic rings. The van der Waals surface area contributed by atoms with Gasteiger partial charge in [0.1, 0.15) is 6.04 Å². The van der Waals surface area contributed by atoms with Crippen LogP contribution in [-0.2, 0) is 4.79 Å². The highest BCUT2D eigenvalue weighted by molar-refractivity contribution is 5.73. The molecule has 0 spiro atoms. The summed E-state index contributed by atoms with van der Waals surface area (Å²) < 4.78 is 0. The van der Waals surface area contributed by atoms with Crippen molar-refractivity contribution in [2.45, 2.75) is 25.3 Å². The molecule has 0 saturated carbocycles. The Bertz CT molecular complexity index is 467. The molecule has 4 nitrogen and oxygen atoms in total. The van der Waals surface area contributed by atoms with Crippen LogP contribution in [0, 0.1) is 49.4 Å². The number of carboxylic acid groups (broad SMARTS) is 1. The quantitative estimate of drug-likeness (QED) is 0.451. The molecule has 22 heavy (non-hydrogen) atoms. The molecule has 0 rings (SSSR count). The van der Waals surface area contributed by atoms with Crippen LogP contribution >= 0.6 is 0 Å². The lowest BCUT2D eigenvalue weighted by atomic mass is 10.1. The van der Waals surface area contributed by atoms with Gasteiger partial charge in [-0.1, -0.05) is 30.1 Å². The minimum Gasteiger partial charge on any atom is -0.480 e. The van der Waals surface area contributed by atoms with Crippen LogP contribution in [0.15, 0.2) is 0 Å². The van der Waals surface area contributed by atoms with E-state index in [4.69, 9.17) is 25.7 Å². The van der Waals surface area contributed by atoms with Gasteiger partial charge in [-0.3, -0.25) is 14.6 Å². The number of hydrogen-bond acceptors (Lipinski definition) is 3. The number of hydrogen-bond donors (Lipinski definition) is 1. The van der Waals surface area contributed by atoms with E-state index in [1.165, 1.54) is 0 Å². The van der Waals surface area contributed by atoms with Crippen molar-refractivity contribution in [1.29, 1.82) is 0 Å². The van der Waals surface area contributed by atoms with E-state index in [9.17, 15) is 9.90 Å². The Balaban J connectivity index is 4.40. The van der Waals surface area contributed by atoms with Crippen LogP contribution in [-0.4, -0.2) is 59.6 Å². The number of terminal acetylenes is 4. The zero-order valence-electron chi connectivity index (χ0n) is 12.8. The molecule has 0 radical (unpaired) electrons. The second kappa shape index (κ2) is 12.4. The Morgan fingerprint density at radius 2 is 1.41 bits per heavy atom. The molecule has 0 saturated heterocycles. The summed E-state index contributed by atoms with van der Waals surface area (Å²) in [6.07, 6.45) is 23.1. The van der Waals surface area contributed by atoms with Crippen molar-refractivity contribution in [3.63, 3.8) is 0 Å². The Morgan fingerprint density at radius 3 is 1.82 bits per heavy atom. The average Bonchev–Trinajstić information content (AvgIpc) is 2.47. The van der Waals surface area contributed by atoms with Crippen LogP contribution in [0.5, 0.6) is 0 Å². The van der Waals surface area contributed by atoms with E-state index in [0.717, 1.165) is 19.4 Å². The monoisotopic (exact) mass is 298 g/mol. The SMILES string of the molecule is C#CCN(CC#C)CCCC[C@@H](C(=O)O)N(CC#C)CC#C. The van der Waals surface area contributed by atoms with E-state index in [1.807, 2.05) is 4.90 Å². The van der Waals surface area contributed by atoms with Crippen molar-refractivity contribution in [3.8, 4) is 49.4 Å². The summed E-state index contributed by atoms with van der Waals surface area (Å²) in [5.41, 5.74) is 0. The molecule has 0 aromatic carbocycles. The third-order valence-corrected chi connectivity index (χ3v) is 3.15. The molecule has 116 valence electrons. The lowest BCUT2D eigenvalue weighted by Gasteiger charge is -2.25. The van der Waals surface area contributed by atoms with Crippen LogP contribution in [0.2, 0.25) is 0 Å². The van der Waals surface area contributed by atoms with Crippen LogP contribution in [0.1, 0.15) is 19.3 Å². The van der Waals surface area contributed by atoms with E-state index in [2.05, 4.69) is 23.7 Å². The Kier molecular flexibility index (Phi) is 11.0. The number of unbranched alkanes of at least 4 members (excludes halogenated alkanes) is 1. The normalized spacial score (nSPS) is 11.2. The highest BCUT2D eigenvalue weighted by Crippen LogP contribution is 2.10. The van der Waals surface area contributed by atoms with Gasteiger partial charge in [-0.25, -0.2) is 0 Å². The predicted octanol–water partition coefficient (Wildman–Crippen LogP) is 0.747. The largest absolute Gasteiger partial charge is 0.480 e. The maximum Gasteiger partial charge on any atom is 0.320 e. The second-order valence-corrected chi connectivity index (χ2v) is 4.78. The fourth-order valence-electron chi connectivity index (χ4n) is 2.12. The van der Waals surface area contributed by atoms with Crippen LogP contribution < -0.4 is 0 Å². The van der Waals surface area contributed by atoms with Crippen LogP contribution in [0.4, 0.5) is 0 Å². The Morgan fingerprint density at radius 1 is 0.909 bits per heavy atom. The van der Waals surface area contributed by atoms with E-state index in [0.29, 0.717) is 19.5 Å². The number of nitrogens with zero attached hydrogens (tertiary/aromatic N) is 2. The van der Waals surface area contributed by atoms with Gasteiger partial charge in [0.05, 0.1) is 26.2 Å². The highest BCUT2D eigenvalue weighted by Gasteiger charge is 2.23. The number of carbonyl (C=O) groups is 1. The summed E-state index contributed by atoms with van der Waals surface area (Å²) in [5, 5.41) is 9.33. The molecule has 0 unspecified atom stereocenters. The first-order valence-electron chi connectivity index (χ1n) is 7.03. The van der Waals surface area contributed by atoms with Crippen LogP contribution in [0.3, 0.4) is 0 Å². The van der Waals surface area contributed by atoms with Gasteiger partial charge in [0.25, 0.3) is 0 Å².